The summed E-state index contributed by atoms with van der Waals surface area (Å²) in [5.74, 6) is -0.992. The second-order valence-corrected chi connectivity index (χ2v) is 9.32. The van der Waals surface area contributed by atoms with Gasteiger partial charge in [0.1, 0.15) is 5.60 Å². The van der Waals surface area contributed by atoms with Crippen molar-refractivity contribution in [2.75, 3.05) is 6.54 Å². The number of nitrogens with zero attached hydrogens (tertiary/aromatic N) is 1. The molecule has 35 heavy (non-hydrogen) atoms. The molecule has 6 heteroatoms. The van der Waals surface area contributed by atoms with E-state index in [2.05, 4.69) is 34.6 Å². The van der Waals surface area contributed by atoms with Crippen molar-refractivity contribution in [2.45, 2.75) is 32.8 Å². The van der Waals surface area contributed by atoms with Gasteiger partial charge in [-0.25, -0.2) is 9.59 Å². The van der Waals surface area contributed by atoms with Crippen LogP contribution in [0.3, 0.4) is 0 Å². The highest BCUT2D eigenvalue weighted by Crippen LogP contribution is 2.34. The van der Waals surface area contributed by atoms with Crippen molar-refractivity contribution in [3.8, 4) is 22.4 Å². The average Bonchev–Trinajstić information content (AvgIpc) is 2.82. The second-order valence-electron chi connectivity index (χ2n) is 9.32. The summed E-state index contributed by atoms with van der Waals surface area (Å²) in [6, 6.07) is 23.4. The van der Waals surface area contributed by atoms with E-state index in [4.69, 9.17) is 4.74 Å². The monoisotopic (exact) mass is 468 g/mol. The summed E-state index contributed by atoms with van der Waals surface area (Å²) < 4.78 is 5.36. The second kappa shape index (κ2) is 9.97. The van der Waals surface area contributed by atoms with Crippen LogP contribution in [0.4, 0.5) is 4.79 Å². The number of ether oxygens (including phenoxy) is 1. The van der Waals surface area contributed by atoms with Gasteiger partial charge in [-0.3, -0.25) is 4.98 Å². The normalized spacial score (nSPS) is 11.3. The molecule has 0 atom stereocenters. The number of hydrogen-bond donors (Lipinski definition) is 2. The highest BCUT2D eigenvalue weighted by molar-refractivity contribution is 6.00. The van der Waals surface area contributed by atoms with Crippen molar-refractivity contribution >= 4 is 22.8 Å². The summed E-state index contributed by atoms with van der Waals surface area (Å²) in [6.07, 6.45) is 1.66. The van der Waals surface area contributed by atoms with Crippen LogP contribution in [0.1, 0.15) is 36.7 Å². The molecule has 2 N–H and O–H groups in total. The first-order valence-corrected chi connectivity index (χ1v) is 11.5. The molecule has 0 fully saturated rings. The van der Waals surface area contributed by atoms with E-state index in [1.807, 2.05) is 57.2 Å². The van der Waals surface area contributed by atoms with Gasteiger partial charge in [-0.15, -0.1) is 0 Å². The van der Waals surface area contributed by atoms with Crippen LogP contribution in [0.2, 0.25) is 0 Å². The predicted molar refractivity (Wildman–Crippen MR) is 138 cm³/mol. The molecule has 0 unspecified atom stereocenters. The highest BCUT2D eigenvalue weighted by atomic mass is 16.6. The van der Waals surface area contributed by atoms with Gasteiger partial charge in [0.15, 0.2) is 0 Å². The highest BCUT2D eigenvalue weighted by Gasteiger charge is 2.17. The molecule has 3 aromatic carbocycles. The zero-order valence-electron chi connectivity index (χ0n) is 20.0. The molecule has 0 radical (unpaired) electrons. The molecule has 0 bridgehead atoms. The number of aromatic carboxylic acids is 1. The number of fused-ring (bicyclic) bond motifs is 1. The predicted octanol–water partition coefficient (Wildman–Crippen LogP) is 6.33. The Balaban J connectivity index is 1.75. The number of pyridine rings is 1. The number of nitrogens with one attached hydrogen (secondary N) is 1. The summed E-state index contributed by atoms with van der Waals surface area (Å²) in [5, 5.41) is 14.2. The number of carbonyl (C=O) groups excluding carboxylic acids is 1. The zero-order chi connectivity index (χ0) is 25.0. The van der Waals surface area contributed by atoms with Gasteiger partial charge in [0, 0.05) is 18.3 Å². The first-order chi connectivity index (χ1) is 16.7. The Morgan fingerprint density at radius 3 is 2.43 bits per heavy atom. The molecule has 0 spiro atoms. The molecule has 0 aliphatic heterocycles. The minimum atomic E-state index is -0.992. The Morgan fingerprint density at radius 2 is 1.71 bits per heavy atom. The van der Waals surface area contributed by atoms with Gasteiger partial charge >= 0.3 is 12.1 Å². The summed E-state index contributed by atoms with van der Waals surface area (Å²) in [7, 11) is 0. The van der Waals surface area contributed by atoms with Crippen LogP contribution in [-0.2, 0) is 11.2 Å². The number of carboxylic acids is 1. The van der Waals surface area contributed by atoms with Gasteiger partial charge in [-0.1, -0.05) is 48.5 Å². The van der Waals surface area contributed by atoms with Gasteiger partial charge in [0.2, 0.25) is 0 Å². The third kappa shape index (κ3) is 5.84. The summed E-state index contributed by atoms with van der Waals surface area (Å²) in [6.45, 7) is 5.91. The van der Waals surface area contributed by atoms with Gasteiger partial charge < -0.3 is 15.2 Å². The largest absolute Gasteiger partial charge is 0.478 e. The van der Waals surface area contributed by atoms with Crippen LogP contribution in [0.25, 0.3) is 33.2 Å². The Hall–Kier alpha value is -4.19. The first-order valence-electron chi connectivity index (χ1n) is 11.5. The SMILES string of the molecule is CC(C)(C)OC(=O)NCCc1cc2c(-c3cc(C(=O)O)ccn3)cccc2cc1-c1ccccc1. The zero-order valence-corrected chi connectivity index (χ0v) is 20.0. The summed E-state index contributed by atoms with van der Waals surface area (Å²) in [4.78, 5) is 28.1. The molecular weight excluding hydrogens is 440 g/mol. The molecule has 0 aliphatic carbocycles. The molecule has 4 aromatic rings. The summed E-state index contributed by atoms with van der Waals surface area (Å²) >= 11 is 0. The molecule has 0 aliphatic rings. The van der Waals surface area contributed by atoms with E-state index in [0.717, 1.165) is 33.0 Å². The molecular formula is C29H28N2O4. The fourth-order valence-electron chi connectivity index (χ4n) is 4.01. The number of aromatic nitrogens is 1. The van der Waals surface area contributed by atoms with Gasteiger partial charge in [0.05, 0.1) is 11.3 Å². The van der Waals surface area contributed by atoms with Crippen molar-refractivity contribution in [1.29, 1.82) is 0 Å². The van der Waals surface area contributed by atoms with Crippen molar-refractivity contribution in [2.24, 2.45) is 0 Å². The average molecular weight is 469 g/mol. The van der Waals surface area contributed by atoms with E-state index in [9.17, 15) is 14.7 Å². The fraction of sp³-hybridized carbons (Fsp3) is 0.207. The van der Waals surface area contributed by atoms with Crippen molar-refractivity contribution in [3.05, 3.63) is 90.1 Å². The number of rotatable bonds is 6. The van der Waals surface area contributed by atoms with Crippen LogP contribution < -0.4 is 5.32 Å². The third-order valence-corrected chi connectivity index (χ3v) is 5.53. The number of carbonyl (C=O) groups is 2. The Morgan fingerprint density at radius 1 is 0.943 bits per heavy atom. The lowest BCUT2D eigenvalue weighted by atomic mass is 9.91. The first kappa shape index (κ1) is 24.0. The van der Waals surface area contributed by atoms with Gasteiger partial charge in [-0.2, -0.15) is 0 Å². The van der Waals surface area contributed by atoms with E-state index in [0.29, 0.717) is 18.7 Å². The van der Waals surface area contributed by atoms with Crippen molar-refractivity contribution in [3.63, 3.8) is 0 Å². The van der Waals surface area contributed by atoms with E-state index < -0.39 is 17.7 Å². The molecule has 178 valence electrons. The lowest BCUT2D eigenvalue weighted by Crippen LogP contribution is -2.33. The van der Waals surface area contributed by atoms with Crippen molar-refractivity contribution < 1.29 is 19.4 Å². The molecule has 0 saturated heterocycles. The van der Waals surface area contributed by atoms with Gasteiger partial charge in [0.25, 0.3) is 0 Å². The number of amides is 1. The number of benzene rings is 3. The van der Waals surface area contributed by atoms with E-state index in [1.165, 1.54) is 12.3 Å². The van der Waals surface area contributed by atoms with Gasteiger partial charge in [-0.05, 0) is 78.9 Å². The standard InChI is InChI=1S/C29H28N2O4/c1-29(2,3)35-28(34)31-15-12-21-17-25-20(16-24(21)19-8-5-4-6-9-19)10-7-11-23(25)26-18-22(27(32)33)13-14-30-26/h4-11,13-14,16-18H,12,15H2,1-3H3,(H,31,34)(H,32,33). The fourth-order valence-corrected chi connectivity index (χ4v) is 4.01. The molecule has 4 rings (SSSR count). The molecule has 1 aromatic heterocycles. The minimum absolute atomic E-state index is 0.190. The van der Waals surface area contributed by atoms with Crippen LogP contribution in [0, 0.1) is 0 Å². The van der Waals surface area contributed by atoms with E-state index in [1.54, 1.807) is 6.07 Å². The number of alkyl carbamates (subject to hydrolysis) is 1. The van der Waals surface area contributed by atoms with E-state index >= 15 is 0 Å². The lowest BCUT2D eigenvalue weighted by molar-refractivity contribution is 0.0528. The summed E-state index contributed by atoms with van der Waals surface area (Å²) in [5.41, 5.74) is 4.30. The Bertz CT molecular complexity index is 1370. The molecule has 0 saturated carbocycles. The lowest BCUT2D eigenvalue weighted by Gasteiger charge is -2.20. The topological polar surface area (TPSA) is 88.5 Å². The van der Waals surface area contributed by atoms with Crippen molar-refractivity contribution in [1.82, 2.24) is 10.3 Å². The van der Waals surface area contributed by atoms with Crippen LogP contribution in [0.15, 0.2) is 79.0 Å². The maximum absolute atomic E-state index is 12.2. The number of carboxylic acid groups (broad SMARTS) is 1. The molecule has 6 nitrogen and oxygen atoms in total. The Kier molecular flexibility index (Phi) is 6.82. The van der Waals surface area contributed by atoms with Crippen LogP contribution in [-0.4, -0.2) is 34.3 Å². The minimum Gasteiger partial charge on any atom is -0.478 e. The molecule has 1 heterocycles. The van der Waals surface area contributed by atoms with Crippen LogP contribution >= 0.6 is 0 Å². The Labute approximate surface area is 204 Å². The maximum Gasteiger partial charge on any atom is 0.407 e. The third-order valence-electron chi connectivity index (χ3n) is 5.53. The molecule has 1 amide bonds. The number of hydrogen-bond acceptors (Lipinski definition) is 4. The van der Waals surface area contributed by atoms with E-state index in [-0.39, 0.29) is 5.56 Å². The quantitative estimate of drug-likeness (QED) is 0.345. The van der Waals surface area contributed by atoms with Crippen LogP contribution in [0.5, 0.6) is 0 Å². The maximum atomic E-state index is 12.2. The smallest absolute Gasteiger partial charge is 0.407 e.